The highest BCUT2D eigenvalue weighted by Crippen LogP contribution is 2.53. The predicted octanol–water partition coefficient (Wildman–Crippen LogP) is 1.54. The number of benzene rings is 3. The molecule has 0 fully saturated rings. The quantitative estimate of drug-likeness (QED) is 0.423. The number of aryl methyl sites for hydroxylation is 3. The maximum absolute atomic E-state index is 2.47. The van der Waals surface area contributed by atoms with Gasteiger partial charge >= 0.3 is 0 Å². The van der Waals surface area contributed by atoms with Crippen LogP contribution in [0.3, 0.4) is 0 Å². The Labute approximate surface area is 163 Å². The van der Waals surface area contributed by atoms with Crippen molar-refractivity contribution < 1.29 is 24.0 Å². The Morgan fingerprint density at radius 3 is 1.00 bits per heavy atom. The second kappa shape index (κ2) is 7.80. The molecule has 0 radical (unpaired) electrons. The van der Waals surface area contributed by atoms with E-state index in [-0.39, 0.29) is 24.0 Å². The van der Waals surface area contributed by atoms with E-state index in [1.54, 1.807) is 0 Å². The fourth-order valence-electron chi connectivity index (χ4n) is 3.58. The van der Waals surface area contributed by atoms with Crippen LogP contribution >= 0.6 is 7.26 Å². The summed E-state index contributed by atoms with van der Waals surface area (Å²) < 4.78 is 0. The molecule has 0 saturated carbocycles. The zero-order valence-corrected chi connectivity index (χ0v) is 17.8. The molecule has 0 amide bonds. The zero-order chi connectivity index (χ0) is 16.4. The van der Waals surface area contributed by atoms with Gasteiger partial charge in [0, 0.05) is 0 Å². The molecule has 0 unspecified atom stereocenters. The van der Waals surface area contributed by atoms with E-state index in [1.807, 2.05) is 0 Å². The lowest BCUT2D eigenvalue weighted by atomic mass is 10.2. The van der Waals surface area contributed by atoms with E-state index < -0.39 is 7.26 Å². The van der Waals surface area contributed by atoms with Gasteiger partial charge in [-0.25, -0.2) is 0 Å². The van der Waals surface area contributed by atoms with Crippen LogP contribution in [0.1, 0.15) is 16.7 Å². The van der Waals surface area contributed by atoms with Crippen molar-refractivity contribution in [2.75, 3.05) is 6.66 Å². The van der Waals surface area contributed by atoms with Crippen LogP contribution in [0.25, 0.3) is 0 Å². The molecule has 0 aliphatic rings. The molecule has 0 N–H and O–H groups in total. The van der Waals surface area contributed by atoms with Crippen LogP contribution in [0.15, 0.2) is 72.8 Å². The lowest BCUT2D eigenvalue weighted by molar-refractivity contribution is -0.00000476. The Balaban J connectivity index is 0.00000208. The third-order valence-corrected chi connectivity index (χ3v) is 9.19. The SMILES string of the molecule is Cc1ccccc1[P+](C)(c1ccccc1C)c1ccccc1C.[I-]. The van der Waals surface area contributed by atoms with Gasteiger partial charge < -0.3 is 24.0 Å². The molecular formula is C22H24IP. The highest BCUT2D eigenvalue weighted by atomic mass is 127. The van der Waals surface area contributed by atoms with Crippen molar-refractivity contribution in [2.45, 2.75) is 20.8 Å². The van der Waals surface area contributed by atoms with E-state index in [0.717, 1.165) is 0 Å². The Morgan fingerprint density at radius 1 is 0.500 bits per heavy atom. The van der Waals surface area contributed by atoms with E-state index >= 15 is 0 Å². The van der Waals surface area contributed by atoms with Crippen molar-refractivity contribution in [3.8, 4) is 0 Å². The largest absolute Gasteiger partial charge is 1.00 e. The highest BCUT2D eigenvalue weighted by Gasteiger charge is 2.43. The molecule has 0 aromatic heterocycles. The molecule has 0 nitrogen and oxygen atoms in total. The topological polar surface area (TPSA) is 0 Å². The average Bonchev–Trinajstić information content (AvgIpc) is 2.55. The van der Waals surface area contributed by atoms with E-state index in [2.05, 4.69) is 100 Å². The van der Waals surface area contributed by atoms with Gasteiger partial charge in [0.25, 0.3) is 0 Å². The fourth-order valence-corrected chi connectivity index (χ4v) is 7.86. The summed E-state index contributed by atoms with van der Waals surface area (Å²) in [5.41, 5.74) is 4.15. The second-order valence-corrected chi connectivity index (χ2v) is 9.82. The molecule has 0 saturated heterocycles. The zero-order valence-electron chi connectivity index (χ0n) is 14.8. The summed E-state index contributed by atoms with van der Waals surface area (Å²) in [6.07, 6.45) is 0. The first-order valence-electron chi connectivity index (χ1n) is 8.10. The molecule has 0 aliphatic heterocycles. The van der Waals surface area contributed by atoms with Gasteiger partial charge in [-0.15, -0.1) is 0 Å². The fraction of sp³-hybridized carbons (Fsp3) is 0.182. The number of hydrogen-bond donors (Lipinski definition) is 0. The van der Waals surface area contributed by atoms with Crippen LogP contribution in [0, 0.1) is 20.8 Å². The van der Waals surface area contributed by atoms with Crippen molar-refractivity contribution in [1.29, 1.82) is 0 Å². The third-order valence-electron chi connectivity index (χ3n) is 4.79. The Bertz CT molecular complexity index is 728. The summed E-state index contributed by atoms with van der Waals surface area (Å²) in [4.78, 5) is 0. The smallest absolute Gasteiger partial charge is 0.110 e. The lowest BCUT2D eigenvalue weighted by Gasteiger charge is -2.27. The first-order chi connectivity index (χ1) is 11.0. The lowest BCUT2D eigenvalue weighted by Crippen LogP contribution is -3.00. The summed E-state index contributed by atoms with van der Waals surface area (Å²) in [5, 5.41) is 4.47. The normalized spacial score (nSPS) is 11.0. The van der Waals surface area contributed by atoms with E-state index in [9.17, 15) is 0 Å². The van der Waals surface area contributed by atoms with Gasteiger partial charge in [0.05, 0.1) is 6.66 Å². The molecule has 0 bridgehead atoms. The van der Waals surface area contributed by atoms with Gasteiger partial charge in [-0.2, -0.15) is 0 Å². The molecule has 24 heavy (non-hydrogen) atoms. The van der Waals surface area contributed by atoms with E-state index in [1.165, 1.54) is 32.6 Å². The van der Waals surface area contributed by atoms with Gasteiger partial charge in [-0.1, -0.05) is 54.6 Å². The van der Waals surface area contributed by atoms with Crippen LogP contribution in [0.5, 0.6) is 0 Å². The van der Waals surface area contributed by atoms with Gasteiger partial charge in [-0.05, 0) is 55.7 Å². The van der Waals surface area contributed by atoms with Gasteiger partial charge in [0.1, 0.15) is 23.2 Å². The molecule has 0 aliphatic carbocycles. The Morgan fingerprint density at radius 2 is 0.750 bits per heavy atom. The summed E-state index contributed by atoms with van der Waals surface area (Å²) >= 11 is 0. The molecular weight excluding hydrogens is 422 g/mol. The van der Waals surface area contributed by atoms with Crippen LogP contribution in [-0.4, -0.2) is 6.66 Å². The maximum Gasteiger partial charge on any atom is 0.110 e. The van der Waals surface area contributed by atoms with Crippen molar-refractivity contribution in [3.63, 3.8) is 0 Å². The first-order valence-corrected chi connectivity index (χ1v) is 10.3. The summed E-state index contributed by atoms with van der Waals surface area (Å²) in [6.45, 7) is 9.19. The van der Waals surface area contributed by atoms with Crippen LogP contribution < -0.4 is 39.9 Å². The van der Waals surface area contributed by atoms with E-state index in [0.29, 0.717) is 0 Å². The monoisotopic (exact) mass is 446 g/mol. The summed E-state index contributed by atoms with van der Waals surface area (Å²) in [6, 6.07) is 26.6. The third kappa shape index (κ3) is 3.30. The van der Waals surface area contributed by atoms with E-state index in [4.69, 9.17) is 0 Å². The molecule has 3 rings (SSSR count). The molecule has 124 valence electrons. The van der Waals surface area contributed by atoms with Crippen LogP contribution in [0.4, 0.5) is 0 Å². The molecule has 2 heteroatoms. The van der Waals surface area contributed by atoms with Gasteiger partial charge in [0.2, 0.25) is 0 Å². The van der Waals surface area contributed by atoms with Crippen LogP contribution in [0.2, 0.25) is 0 Å². The minimum absolute atomic E-state index is 0. The molecule has 3 aromatic carbocycles. The molecule has 3 aromatic rings. The molecule has 0 spiro atoms. The van der Waals surface area contributed by atoms with Gasteiger partial charge in [-0.3, -0.25) is 0 Å². The standard InChI is InChI=1S/C22H24P.HI/c1-17-11-5-8-14-20(17)23(4,21-15-9-6-12-18(21)2)22-16-10-7-13-19(22)3;/h5-16H,1-4H3;1H/q+1;/p-1. The van der Waals surface area contributed by atoms with Crippen LogP contribution in [-0.2, 0) is 0 Å². The number of halogens is 1. The average molecular weight is 446 g/mol. The van der Waals surface area contributed by atoms with Crippen molar-refractivity contribution in [2.24, 2.45) is 0 Å². The number of rotatable bonds is 3. The predicted molar refractivity (Wildman–Crippen MR) is 105 cm³/mol. The summed E-state index contributed by atoms with van der Waals surface area (Å²) in [7, 11) is -1.64. The molecule has 0 heterocycles. The molecule has 0 atom stereocenters. The van der Waals surface area contributed by atoms with Gasteiger partial charge in [0.15, 0.2) is 0 Å². The first kappa shape index (κ1) is 19.1. The Kier molecular flexibility index (Phi) is 6.22. The minimum Gasteiger partial charge on any atom is -1.00 e. The van der Waals surface area contributed by atoms with Crippen molar-refractivity contribution in [3.05, 3.63) is 89.5 Å². The second-order valence-electron chi connectivity index (χ2n) is 6.37. The summed E-state index contributed by atoms with van der Waals surface area (Å²) in [5.74, 6) is 0. The Hall–Kier alpha value is -1.18. The highest BCUT2D eigenvalue weighted by molar-refractivity contribution is 7.95. The number of hydrogen-bond acceptors (Lipinski definition) is 0. The van der Waals surface area contributed by atoms with Crippen molar-refractivity contribution >= 4 is 23.2 Å². The minimum atomic E-state index is -1.64. The van der Waals surface area contributed by atoms with Crippen molar-refractivity contribution in [1.82, 2.24) is 0 Å². The maximum atomic E-state index is 2.47.